The molecule has 0 spiro atoms. The number of hydrogen-bond donors (Lipinski definition) is 2. The molecule has 0 radical (unpaired) electrons. The number of likely N-dealkylation sites (tertiary alicyclic amines) is 1. The van der Waals surface area contributed by atoms with Crippen LogP contribution >= 0.6 is 11.6 Å². The van der Waals surface area contributed by atoms with E-state index in [-0.39, 0.29) is 6.04 Å². The van der Waals surface area contributed by atoms with Crippen molar-refractivity contribution in [3.05, 3.63) is 34.9 Å². The summed E-state index contributed by atoms with van der Waals surface area (Å²) in [6.45, 7) is 5.77. The minimum absolute atomic E-state index is 0.206. The van der Waals surface area contributed by atoms with Gasteiger partial charge >= 0.3 is 0 Å². The van der Waals surface area contributed by atoms with Gasteiger partial charge in [0.05, 0.1) is 12.6 Å². The van der Waals surface area contributed by atoms with Crippen LogP contribution < -0.4 is 10.6 Å². The van der Waals surface area contributed by atoms with Crippen molar-refractivity contribution in [2.45, 2.75) is 31.8 Å². The van der Waals surface area contributed by atoms with Gasteiger partial charge in [0, 0.05) is 31.8 Å². The molecule has 1 aromatic carbocycles. The van der Waals surface area contributed by atoms with Gasteiger partial charge in [-0.1, -0.05) is 23.7 Å². The van der Waals surface area contributed by atoms with Gasteiger partial charge in [0.2, 0.25) is 0 Å². The molecule has 0 aliphatic carbocycles. The highest BCUT2D eigenvalue weighted by Gasteiger charge is 2.24. The van der Waals surface area contributed by atoms with Gasteiger partial charge in [-0.3, -0.25) is 9.89 Å². The third kappa shape index (κ3) is 5.65. The first-order valence-corrected chi connectivity index (χ1v) is 8.97. The molecule has 2 rings (SSSR count). The number of ether oxygens (including phenoxy) is 1. The highest BCUT2D eigenvalue weighted by molar-refractivity contribution is 6.30. The molecule has 0 amide bonds. The van der Waals surface area contributed by atoms with Gasteiger partial charge in [0.15, 0.2) is 5.96 Å². The van der Waals surface area contributed by atoms with Crippen molar-refractivity contribution in [1.29, 1.82) is 0 Å². The molecule has 134 valence electrons. The van der Waals surface area contributed by atoms with E-state index < -0.39 is 0 Å². The number of rotatable bonds is 7. The lowest BCUT2D eigenvalue weighted by Gasteiger charge is -2.29. The summed E-state index contributed by atoms with van der Waals surface area (Å²) in [6, 6.07) is 8.66. The Morgan fingerprint density at radius 3 is 2.75 bits per heavy atom. The molecule has 2 atom stereocenters. The molecule has 1 aliphatic rings. The molecular weight excluding hydrogens is 324 g/mol. The lowest BCUT2D eigenvalue weighted by atomic mass is 10.1. The van der Waals surface area contributed by atoms with E-state index >= 15 is 0 Å². The third-order valence-corrected chi connectivity index (χ3v) is 4.54. The van der Waals surface area contributed by atoms with Gasteiger partial charge in [-0.2, -0.15) is 0 Å². The van der Waals surface area contributed by atoms with E-state index in [0.717, 1.165) is 30.6 Å². The van der Waals surface area contributed by atoms with Crippen LogP contribution in [-0.2, 0) is 4.74 Å². The summed E-state index contributed by atoms with van der Waals surface area (Å²) in [5.74, 6) is 0.797. The fourth-order valence-electron chi connectivity index (χ4n) is 3.14. The van der Waals surface area contributed by atoms with Gasteiger partial charge < -0.3 is 15.4 Å². The fourth-order valence-corrected chi connectivity index (χ4v) is 3.34. The monoisotopic (exact) mass is 352 g/mol. The molecule has 1 aromatic rings. The molecule has 2 N–H and O–H groups in total. The largest absolute Gasteiger partial charge is 0.383 e. The predicted octanol–water partition coefficient (Wildman–Crippen LogP) is 2.68. The van der Waals surface area contributed by atoms with Crippen molar-refractivity contribution in [3.8, 4) is 0 Å². The van der Waals surface area contributed by atoms with Crippen LogP contribution in [0.4, 0.5) is 0 Å². The SMILES string of the molecule is CN=C(NCC(c1cccc(Cl)c1)N1CCCC1)NC(C)COC. The van der Waals surface area contributed by atoms with Gasteiger partial charge in [0.1, 0.15) is 0 Å². The standard InChI is InChI=1S/C18H29ClN4O/c1-14(13-24-3)22-18(20-2)21-12-17(23-9-4-5-10-23)15-7-6-8-16(19)11-15/h6-8,11,14,17H,4-5,9-10,12-13H2,1-3H3,(H2,20,21,22). The zero-order chi connectivity index (χ0) is 17.4. The molecule has 1 saturated heterocycles. The minimum atomic E-state index is 0.206. The van der Waals surface area contributed by atoms with E-state index in [1.54, 1.807) is 14.2 Å². The first-order chi connectivity index (χ1) is 11.6. The number of nitrogens with zero attached hydrogens (tertiary/aromatic N) is 2. The van der Waals surface area contributed by atoms with E-state index in [1.807, 2.05) is 12.1 Å². The van der Waals surface area contributed by atoms with Gasteiger partial charge in [-0.25, -0.2) is 0 Å². The van der Waals surface area contributed by atoms with Crippen LogP contribution in [0.1, 0.15) is 31.4 Å². The Morgan fingerprint density at radius 1 is 1.38 bits per heavy atom. The van der Waals surface area contributed by atoms with Gasteiger partial charge in [-0.05, 0) is 50.6 Å². The molecule has 0 bridgehead atoms. The van der Waals surface area contributed by atoms with Crippen molar-refractivity contribution in [3.63, 3.8) is 0 Å². The molecule has 1 heterocycles. The summed E-state index contributed by atoms with van der Waals surface area (Å²) in [6.07, 6.45) is 2.52. The Bertz CT molecular complexity index is 532. The van der Waals surface area contributed by atoms with E-state index in [0.29, 0.717) is 12.6 Å². The summed E-state index contributed by atoms with van der Waals surface area (Å²) >= 11 is 6.20. The highest BCUT2D eigenvalue weighted by atomic mass is 35.5. The van der Waals surface area contributed by atoms with Crippen molar-refractivity contribution >= 4 is 17.6 Å². The van der Waals surface area contributed by atoms with E-state index in [2.05, 4.69) is 39.6 Å². The van der Waals surface area contributed by atoms with Crippen LogP contribution in [0.2, 0.25) is 5.02 Å². The maximum absolute atomic E-state index is 6.20. The second kappa shape index (κ2) is 9.87. The number of benzene rings is 1. The minimum Gasteiger partial charge on any atom is -0.383 e. The summed E-state index contributed by atoms with van der Waals surface area (Å²) < 4.78 is 5.17. The number of hydrogen-bond acceptors (Lipinski definition) is 3. The Kier molecular flexibility index (Phi) is 7.82. The highest BCUT2D eigenvalue weighted by Crippen LogP contribution is 2.26. The number of halogens is 1. The van der Waals surface area contributed by atoms with Crippen LogP contribution in [0.25, 0.3) is 0 Å². The fraction of sp³-hybridized carbons (Fsp3) is 0.611. The quantitative estimate of drug-likeness (QED) is 0.585. The Morgan fingerprint density at radius 2 is 2.12 bits per heavy atom. The number of nitrogens with one attached hydrogen (secondary N) is 2. The smallest absolute Gasteiger partial charge is 0.191 e. The Labute approximate surface area is 150 Å². The van der Waals surface area contributed by atoms with Gasteiger partial charge in [0.25, 0.3) is 0 Å². The summed E-state index contributed by atoms with van der Waals surface area (Å²) in [4.78, 5) is 6.83. The average molecular weight is 353 g/mol. The normalized spacial score (nSPS) is 18.4. The molecule has 0 saturated carbocycles. The summed E-state index contributed by atoms with van der Waals surface area (Å²) in [5.41, 5.74) is 1.25. The zero-order valence-electron chi connectivity index (χ0n) is 14.9. The van der Waals surface area contributed by atoms with E-state index in [4.69, 9.17) is 16.3 Å². The Balaban J connectivity index is 2.02. The van der Waals surface area contributed by atoms with Crippen molar-refractivity contribution in [2.75, 3.05) is 40.4 Å². The number of aliphatic imine (C=N–C) groups is 1. The zero-order valence-corrected chi connectivity index (χ0v) is 15.6. The molecule has 5 nitrogen and oxygen atoms in total. The molecule has 2 unspecified atom stereocenters. The number of guanidine groups is 1. The summed E-state index contributed by atoms with van der Waals surface area (Å²) in [7, 11) is 3.50. The van der Waals surface area contributed by atoms with E-state index in [1.165, 1.54) is 18.4 Å². The third-order valence-electron chi connectivity index (χ3n) is 4.30. The maximum Gasteiger partial charge on any atom is 0.191 e. The predicted molar refractivity (Wildman–Crippen MR) is 101 cm³/mol. The lowest BCUT2D eigenvalue weighted by molar-refractivity contribution is 0.178. The van der Waals surface area contributed by atoms with E-state index in [9.17, 15) is 0 Å². The van der Waals surface area contributed by atoms with Crippen LogP contribution in [-0.4, -0.2) is 57.3 Å². The lowest BCUT2D eigenvalue weighted by Crippen LogP contribution is -2.46. The topological polar surface area (TPSA) is 48.9 Å². The van der Waals surface area contributed by atoms with Crippen molar-refractivity contribution in [2.24, 2.45) is 4.99 Å². The van der Waals surface area contributed by atoms with Crippen LogP contribution in [0.3, 0.4) is 0 Å². The van der Waals surface area contributed by atoms with Crippen LogP contribution in [0.15, 0.2) is 29.3 Å². The Hall–Kier alpha value is -1.30. The van der Waals surface area contributed by atoms with Crippen LogP contribution in [0.5, 0.6) is 0 Å². The van der Waals surface area contributed by atoms with Crippen molar-refractivity contribution in [1.82, 2.24) is 15.5 Å². The van der Waals surface area contributed by atoms with Crippen molar-refractivity contribution < 1.29 is 4.74 Å². The summed E-state index contributed by atoms with van der Waals surface area (Å²) in [5, 5.41) is 7.58. The molecule has 6 heteroatoms. The first-order valence-electron chi connectivity index (χ1n) is 8.59. The number of methoxy groups -OCH3 is 1. The first kappa shape index (κ1) is 19.0. The second-order valence-corrected chi connectivity index (χ2v) is 6.70. The molecule has 1 aliphatic heterocycles. The van der Waals surface area contributed by atoms with Crippen LogP contribution in [0, 0.1) is 0 Å². The van der Waals surface area contributed by atoms with Gasteiger partial charge in [-0.15, -0.1) is 0 Å². The maximum atomic E-state index is 6.20. The molecular formula is C18H29ClN4O. The molecule has 24 heavy (non-hydrogen) atoms. The second-order valence-electron chi connectivity index (χ2n) is 6.27. The molecule has 0 aromatic heterocycles. The molecule has 1 fully saturated rings. The average Bonchev–Trinajstić information content (AvgIpc) is 3.08.